The highest BCUT2D eigenvalue weighted by atomic mass is 127. The molecule has 2 aromatic carbocycles. The summed E-state index contributed by atoms with van der Waals surface area (Å²) in [6.45, 7) is 2.35. The normalized spacial score (nSPS) is 10.9. The number of carbonyl (C=O) groups excluding carboxylic acids is 1. The molecule has 3 aromatic rings. The largest absolute Gasteiger partial charge is 0.493 e. The molecule has 1 heterocycles. The maximum atomic E-state index is 12.1. The van der Waals surface area contributed by atoms with Crippen molar-refractivity contribution >= 4 is 34.7 Å². The molecule has 1 aromatic heterocycles. The molecule has 29 heavy (non-hydrogen) atoms. The van der Waals surface area contributed by atoms with Gasteiger partial charge in [0.05, 0.1) is 23.5 Å². The summed E-state index contributed by atoms with van der Waals surface area (Å²) in [5, 5.41) is 16.0. The van der Waals surface area contributed by atoms with Crippen molar-refractivity contribution in [2.75, 3.05) is 13.7 Å². The highest BCUT2D eigenvalue weighted by Crippen LogP contribution is 2.33. The average molecular weight is 506 g/mol. The second-order valence-electron chi connectivity index (χ2n) is 5.77. The van der Waals surface area contributed by atoms with Crippen LogP contribution in [0.15, 0.2) is 47.6 Å². The van der Waals surface area contributed by atoms with Crippen molar-refractivity contribution in [3.63, 3.8) is 0 Å². The number of methoxy groups -OCH3 is 1. The van der Waals surface area contributed by atoms with E-state index in [9.17, 15) is 4.79 Å². The fourth-order valence-electron chi connectivity index (χ4n) is 2.45. The minimum absolute atomic E-state index is 0.0959. The fourth-order valence-corrected chi connectivity index (χ4v) is 3.24. The van der Waals surface area contributed by atoms with Gasteiger partial charge in [-0.3, -0.25) is 4.79 Å². The second-order valence-corrected chi connectivity index (χ2v) is 6.93. The monoisotopic (exact) mass is 506 g/mol. The Morgan fingerprint density at radius 2 is 2.10 bits per heavy atom. The van der Waals surface area contributed by atoms with E-state index in [0.717, 1.165) is 14.7 Å². The zero-order valence-corrected chi connectivity index (χ0v) is 18.0. The molecule has 0 radical (unpaired) electrons. The number of aromatic nitrogens is 4. The van der Waals surface area contributed by atoms with E-state index >= 15 is 0 Å². The fraction of sp³-hybridized carbons (Fsp3) is 0.211. The van der Waals surface area contributed by atoms with Crippen molar-refractivity contribution < 1.29 is 14.3 Å². The molecule has 1 amide bonds. The van der Waals surface area contributed by atoms with Gasteiger partial charge in [-0.25, -0.2) is 5.43 Å². The highest BCUT2D eigenvalue weighted by Gasteiger charge is 2.11. The second kappa shape index (κ2) is 9.96. The zero-order valence-electron chi connectivity index (χ0n) is 15.9. The molecule has 0 aliphatic rings. The summed E-state index contributed by atoms with van der Waals surface area (Å²) in [5.74, 6) is 1.37. The first-order valence-electron chi connectivity index (χ1n) is 8.76. The van der Waals surface area contributed by atoms with Crippen LogP contribution in [0, 0.1) is 3.57 Å². The smallest absolute Gasteiger partial charge is 0.263 e. The molecule has 9 nitrogen and oxygen atoms in total. The van der Waals surface area contributed by atoms with Crippen molar-refractivity contribution in [1.82, 2.24) is 25.6 Å². The zero-order chi connectivity index (χ0) is 20.6. The van der Waals surface area contributed by atoms with Gasteiger partial charge in [0.15, 0.2) is 11.5 Å². The van der Waals surface area contributed by atoms with Gasteiger partial charge in [-0.2, -0.15) is 9.90 Å². The van der Waals surface area contributed by atoms with Crippen LogP contribution in [-0.2, 0) is 11.3 Å². The Morgan fingerprint density at radius 3 is 2.83 bits per heavy atom. The SMILES string of the molecule is CCOc1c(I)cc(C=NNC(=O)Cn2nnc(-c3ccccc3)n2)cc1OC. The number of nitrogens with zero attached hydrogens (tertiary/aromatic N) is 5. The minimum Gasteiger partial charge on any atom is -0.493 e. The van der Waals surface area contributed by atoms with Gasteiger partial charge < -0.3 is 9.47 Å². The first kappa shape index (κ1) is 20.7. The van der Waals surface area contributed by atoms with E-state index in [-0.39, 0.29) is 12.5 Å². The Kier molecular flexibility index (Phi) is 7.11. The molecule has 0 aliphatic heterocycles. The average Bonchev–Trinajstić information content (AvgIpc) is 3.19. The van der Waals surface area contributed by atoms with E-state index in [1.807, 2.05) is 43.3 Å². The van der Waals surface area contributed by atoms with E-state index < -0.39 is 0 Å². The summed E-state index contributed by atoms with van der Waals surface area (Å²) in [5.41, 5.74) is 4.05. The summed E-state index contributed by atoms with van der Waals surface area (Å²) in [4.78, 5) is 13.3. The van der Waals surface area contributed by atoms with E-state index in [1.54, 1.807) is 13.2 Å². The molecule has 10 heteroatoms. The van der Waals surface area contributed by atoms with Crippen LogP contribution in [-0.4, -0.2) is 46.0 Å². The molecular formula is C19H19IN6O3. The first-order chi connectivity index (χ1) is 14.1. The maximum Gasteiger partial charge on any atom is 0.263 e. The number of rotatable bonds is 8. The predicted octanol–water partition coefficient (Wildman–Crippen LogP) is 2.50. The number of nitrogens with one attached hydrogen (secondary N) is 1. The first-order valence-corrected chi connectivity index (χ1v) is 9.84. The van der Waals surface area contributed by atoms with E-state index in [2.05, 4.69) is 48.5 Å². The van der Waals surface area contributed by atoms with Crippen LogP contribution in [0.4, 0.5) is 0 Å². The van der Waals surface area contributed by atoms with Gasteiger partial charge in [-0.05, 0) is 52.4 Å². The molecule has 0 saturated carbocycles. The maximum absolute atomic E-state index is 12.1. The van der Waals surface area contributed by atoms with Gasteiger partial charge >= 0.3 is 0 Å². The molecule has 0 fully saturated rings. The number of hydrogen-bond donors (Lipinski definition) is 1. The molecule has 0 bridgehead atoms. The van der Waals surface area contributed by atoms with E-state index in [4.69, 9.17) is 9.47 Å². The lowest BCUT2D eigenvalue weighted by molar-refractivity contribution is -0.122. The van der Waals surface area contributed by atoms with Crippen molar-refractivity contribution in [1.29, 1.82) is 0 Å². The third-order valence-electron chi connectivity index (χ3n) is 3.71. The third-order valence-corrected chi connectivity index (χ3v) is 4.51. The number of hydrogen-bond acceptors (Lipinski definition) is 7. The lowest BCUT2D eigenvalue weighted by Gasteiger charge is -2.12. The number of halogens is 1. The van der Waals surface area contributed by atoms with Crippen LogP contribution < -0.4 is 14.9 Å². The third kappa shape index (κ3) is 5.50. The topological polar surface area (TPSA) is 104 Å². The number of hydrazone groups is 1. The van der Waals surface area contributed by atoms with Gasteiger partial charge in [-0.1, -0.05) is 30.3 Å². The summed E-state index contributed by atoms with van der Waals surface area (Å²) < 4.78 is 11.8. The van der Waals surface area contributed by atoms with Gasteiger partial charge in [0.2, 0.25) is 5.82 Å². The molecule has 0 saturated heterocycles. The highest BCUT2D eigenvalue weighted by molar-refractivity contribution is 14.1. The predicted molar refractivity (Wildman–Crippen MR) is 116 cm³/mol. The quantitative estimate of drug-likeness (QED) is 0.286. The van der Waals surface area contributed by atoms with Crippen molar-refractivity contribution in [3.8, 4) is 22.9 Å². The Balaban J connectivity index is 1.60. The lowest BCUT2D eigenvalue weighted by Crippen LogP contribution is -2.24. The van der Waals surface area contributed by atoms with Crippen LogP contribution in [0.25, 0.3) is 11.4 Å². The number of carbonyl (C=O) groups is 1. The van der Waals surface area contributed by atoms with Crippen LogP contribution >= 0.6 is 22.6 Å². The minimum atomic E-state index is -0.370. The van der Waals surface area contributed by atoms with Crippen LogP contribution in [0.5, 0.6) is 11.5 Å². The summed E-state index contributed by atoms with van der Waals surface area (Å²) in [7, 11) is 1.57. The van der Waals surface area contributed by atoms with Crippen molar-refractivity contribution in [2.45, 2.75) is 13.5 Å². The van der Waals surface area contributed by atoms with Gasteiger partial charge in [0, 0.05) is 5.56 Å². The standard InChI is InChI=1S/C19H19IN6O3/c1-3-29-18-15(20)9-13(10-16(18)28-2)11-21-22-17(27)12-26-24-19(23-25-26)14-7-5-4-6-8-14/h4-11H,3,12H2,1-2H3,(H,22,27). The number of tetrazole rings is 1. The molecule has 3 rings (SSSR count). The van der Waals surface area contributed by atoms with Gasteiger partial charge in [0.1, 0.15) is 6.54 Å². The van der Waals surface area contributed by atoms with Crippen molar-refractivity contribution in [2.24, 2.45) is 5.10 Å². The molecule has 0 unspecified atom stereocenters. The van der Waals surface area contributed by atoms with E-state index in [0.29, 0.717) is 23.9 Å². The van der Waals surface area contributed by atoms with Gasteiger partial charge in [0.25, 0.3) is 5.91 Å². The Morgan fingerprint density at radius 1 is 1.31 bits per heavy atom. The Labute approximate surface area is 181 Å². The summed E-state index contributed by atoms with van der Waals surface area (Å²) in [6.07, 6.45) is 1.53. The lowest BCUT2D eigenvalue weighted by atomic mass is 10.2. The molecule has 0 spiro atoms. The van der Waals surface area contributed by atoms with Crippen LogP contribution in [0.1, 0.15) is 12.5 Å². The molecule has 150 valence electrons. The summed E-state index contributed by atoms with van der Waals surface area (Å²) in [6, 6.07) is 13.1. The van der Waals surface area contributed by atoms with Gasteiger partial charge in [-0.15, -0.1) is 10.2 Å². The molecule has 0 atom stereocenters. The van der Waals surface area contributed by atoms with Crippen LogP contribution in [0.2, 0.25) is 0 Å². The molecule has 0 aliphatic carbocycles. The Bertz CT molecular complexity index is 1010. The molecule has 1 N–H and O–H groups in total. The van der Waals surface area contributed by atoms with Crippen molar-refractivity contribution in [3.05, 3.63) is 51.6 Å². The molecular weight excluding hydrogens is 487 g/mol. The number of benzene rings is 2. The number of ether oxygens (including phenoxy) is 2. The number of amides is 1. The summed E-state index contributed by atoms with van der Waals surface area (Å²) >= 11 is 2.16. The Hall–Kier alpha value is -3.02. The van der Waals surface area contributed by atoms with Crippen LogP contribution in [0.3, 0.4) is 0 Å². The van der Waals surface area contributed by atoms with E-state index in [1.165, 1.54) is 11.0 Å².